The SMILES string of the molecule is CCCOC1CCCN(C2Cc3ccccc3C2N)C1. The molecule has 0 radical (unpaired) electrons. The number of hydrogen-bond donors (Lipinski definition) is 1. The van der Waals surface area contributed by atoms with Crippen molar-refractivity contribution in [1.29, 1.82) is 0 Å². The van der Waals surface area contributed by atoms with Crippen LogP contribution in [0, 0.1) is 0 Å². The van der Waals surface area contributed by atoms with Gasteiger partial charge in [-0.15, -0.1) is 0 Å². The molecule has 1 aliphatic carbocycles. The Kier molecular flexibility index (Phi) is 4.39. The first kappa shape index (κ1) is 14.1. The summed E-state index contributed by atoms with van der Waals surface area (Å²) in [6, 6.07) is 9.26. The van der Waals surface area contributed by atoms with Crippen molar-refractivity contribution in [2.45, 2.75) is 50.8 Å². The summed E-state index contributed by atoms with van der Waals surface area (Å²) in [6.45, 7) is 5.27. The second kappa shape index (κ2) is 6.25. The lowest BCUT2D eigenvalue weighted by molar-refractivity contribution is -0.0143. The van der Waals surface area contributed by atoms with Gasteiger partial charge in [0.05, 0.1) is 6.10 Å². The highest BCUT2D eigenvalue weighted by Crippen LogP contribution is 2.34. The number of likely N-dealkylation sites (tertiary alicyclic amines) is 1. The average molecular weight is 274 g/mol. The molecule has 1 heterocycles. The molecule has 0 bridgehead atoms. The molecule has 0 amide bonds. The zero-order valence-electron chi connectivity index (χ0n) is 12.4. The quantitative estimate of drug-likeness (QED) is 0.917. The third kappa shape index (κ3) is 2.76. The zero-order valence-corrected chi connectivity index (χ0v) is 12.4. The highest BCUT2D eigenvalue weighted by atomic mass is 16.5. The summed E-state index contributed by atoms with van der Waals surface area (Å²) in [7, 11) is 0. The van der Waals surface area contributed by atoms with Crippen LogP contribution in [0.5, 0.6) is 0 Å². The number of nitrogens with two attached hydrogens (primary N) is 1. The van der Waals surface area contributed by atoms with Crippen molar-refractivity contribution < 1.29 is 4.74 Å². The summed E-state index contributed by atoms with van der Waals surface area (Å²) in [5.74, 6) is 0. The fourth-order valence-electron chi connectivity index (χ4n) is 3.65. The summed E-state index contributed by atoms with van der Waals surface area (Å²) in [5.41, 5.74) is 9.26. The highest BCUT2D eigenvalue weighted by Gasteiger charge is 2.35. The van der Waals surface area contributed by atoms with Crippen LogP contribution >= 0.6 is 0 Å². The molecule has 1 aromatic carbocycles. The maximum atomic E-state index is 6.48. The summed E-state index contributed by atoms with van der Waals surface area (Å²) in [5, 5.41) is 0. The molecule has 110 valence electrons. The first-order valence-electron chi connectivity index (χ1n) is 7.98. The Labute approximate surface area is 122 Å². The Balaban J connectivity index is 1.65. The van der Waals surface area contributed by atoms with Gasteiger partial charge in [0.25, 0.3) is 0 Å². The fourth-order valence-corrected chi connectivity index (χ4v) is 3.65. The molecular weight excluding hydrogens is 248 g/mol. The molecule has 0 spiro atoms. The molecule has 2 N–H and O–H groups in total. The van der Waals surface area contributed by atoms with Crippen molar-refractivity contribution in [1.82, 2.24) is 4.90 Å². The topological polar surface area (TPSA) is 38.5 Å². The van der Waals surface area contributed by atoms with E-state index in [2.05, 4.69) is 36.1 Å². The van der Waals surface area contributed by atoms with E-state index in [9.17, 15) is 0 Å². The third-order valence-electron chi connectivity index (χ3n) is 4.69. The van der Waals surface area contributed by atoms with Gasteiger partial charge in [0.2, 0.25) is 0 Å². The van der Waals surface area contributed by atoms with Gasteiger partial charge >= 0.3 is 0 Å². The van der Waals surface area contributed by atoms with Gasteiger partial charge in [0.15, 0.2) is 0 Å². The summed E-state index contributed by atoms with van der Waals surface area (Å²) < 4.78 is 5.95. The standard InChI is InChI=1S/C17H26N2O/c1-2-10-20-14-7-5-9-19(12-14)16-11-13-6-3-4-8-15(13)17(16)18/h3-4,6,8,14,16-17H,2,5,7,9-12,18H2,1H3. The van der Waals surface area contributed by atoms with Gasteiger partial charge in [-0.3, -0.25) is 4.90 Å². The van der Waals surface area contributed by atoms with Crippen LogP contribution in [0.25, 0.3) is 0 Å². The maximum absolute atomic E-state index is 6.48. The summed E-state index contributed by atoms with van der Waals surface area (Å²) in [4.78, 5) is 2.56. The monoisotopic (exact) mass is 274 g/mol. The Morgan fingerprint density at radius 2 is 2.20 bits per heavy atom. The van der Waals surface area contributed by atoms with Gasteiger partial charge in [-0.1, -0.05) is 31.2 Å². The minimum atomic E-state index is 0.163. The van der Waals surface area contributed by atoms with Gasteiger partial charge in [0.1, 0.15) is 0 Å². The van der Waals surface area contributed by atoms with Crippen molar-refractivity contribution in [2.75, 3.05) is 19.7 Å². The van der Waals surface area contributed by atoms with Gasteiger partial charge in [-0.2, -0.15) is 0 Å². The Bertz CT molecular complexity index is 448. The van der Waals surface area contributed by atoms with Crippen molar-refractivity contribution in [3.05, 3.63) is 35.4 Å². The van der Waals surface area contributed by atoms with Crippen molar-refractivity contribution in [2.24, 2.45) is 5.73 Å². The number of nitrogens with zero attached hydrogens (tertiary/aromatic N) is 1. The molecule has 0 saturated carbocycles. The van der Waals surface area contributed by atoms with Crippen LogP contribution in [0.4, 0.5) is 0 Å². The average Bonchev–Trinajstić information content (AvgIpc) is 2.83. The van der Waals surface area contributed by atoms with E-state index in [-0.39, 0.29) is 6.04 Å². The molecule has 0 aromatic heterocycles. The molecule has 3 nitrogen and oxygen atoms in total. The Morgan fingerprint density at radius 1 is 1.35 bits per heavy atom. The van der Waals surface area contributed by atoms with Crippen molar-refractivity contribution in [3.8, 4) is 0 Å². The second-order valence-corrected chi connectivity index (χ2v) is 6.13. The Morgan fingerprint density at radius 3 is 3.00 bits per heavy atom. The zero-order chi connectivity index (χ0) is 13.9. The van der Waals surface area contributed by atoms with E-state index in [4.69, 9.17) is 10.5 Å². The van der Waals surface area contributed by atoms with Crippen LogP contribution in [-0.2, 0) is 11.2 Å². The molecule has 1 aliphatic heterocycles. The lowest BCUT2D eigenvalue weighted by Gasteiger charge is -2.38. The molecule has 3 rings (SSSR count). The predicted octanol–water partition coefficient (Wildman–Crippen LogP) is 2.50. The smallest absolute Gasteiger partial charge is 0.0702 e. The van der Waals surface area contributed by atoms with Gasteiger partial charge in [-0.05, 0) is 43.4 Å². The lowest BCUT2D eigenvalue weighted by atomic mass is 10.0. The van der Waals surface area contributed by atoms with E-state index in [0.717, 1.165) is 26.0 Å². The third-order valence-corrected chi connectivity index (χ3v) is 4.69. The number of benzene rings is 1. The van der Waals surface area contributed by atoms with Gasteiger partial charge in [-0.25, -0.2) is 0 Å². The van der Waals surface area contributed by atoms with E-state index in [0.29, 0.717) is 12.1 Å². The van der Waals surface area contributed by atoms with Crippen LogP contribution in [-0.4, -0.2) is 36.7 Å². The molecule has 20 heavy (non-hydrogen) atoms. The van der Waals surface area contributed by atoms with Crippen molar-refractivity contribution >= 4 is 0 Å². The second-order valence-electron chi connectivity index (χ2n) is 6.13. The molecule has 3 atom stereocenters. The van der Waals surface area contributed by atoms with Crippen LogP contribution in [0.15, 0.2) is 24.3 Å². The molecule has 1 fully saturated rings. The maximum Gasteiger partial charge on any atom is 0.0702 e. The Hall–Kier alpha value is -0.900. The number of hydrogen-bond acceptors (Lipinski definition) is 3. The number of rotatable bonds is 4. The minimum Gasteiger partial charge on any atom is -0.377 e. The van der Waals surface area contributed by atoms with E-state index < -0.39 is 0 Å². The molecular formula is C17H26N2O. The molecule has 3 heteroatoms. The first-order valence-corrected chi connectivity index (χ1v) is 7.98. The van der Waals surface area contributed by atoms with Crippen LogP contribution in [0.1, 0.15) is 43.4 Å². The molecule has 3 unspecified atom stereocenters. The van der Waals surface area contributed by atoms with E-state index in [1.54, 1.807) is 0 Å². The summed E-state index contributed by atoms with van der Waals surface area (Å²) >= 11 is 0. The highest BCUT2D eigenvalue weighted by molar-refractivity contribution is 5.36. The normalized spacial score (nSPS) is 30.4. The van der Waals surface area contributed by atoms with Gasteiger partial charge < -0.3 is 10.5 Å². The van der Waals surface area contributed by atoms with E-state index in [1.807, 2.05) is 0 Å². The van der Waals surface area contributed by atoms with Gasteiger partial charge in [0, 0.05) is 25.2 Å². The molecule has 1 saturated heterocycles. The van der Waals surface area contributed by atoms with Crippen LogP contribution < -0.4 is 5.73 Å². The number of ether oxygens (including phenoxy) is 1. The van der Waals surface area contributed by atoms with E-state index in [1.165, 1.54) is 30.5 Å². The summed E-state index contributed by atoms with van der Waals surface area (Å²) in [6.07, 6.45) is 5.03. The molecule has 2 aliphatic rings. The van der Waals surface area contributed by atoms with E-state index >= 15 is 0 Å². The largest absolute Gasteiger partial charge is 0.377 e. The first-order chi connectivity index (χ1) is 9.79. The minimum absolute atomic E-state index is 0.163. The van der Waals surface area contributed by atoms with Crippen LogP contribution in [0.3, 0.4) is 0 Å². The fraction of sp³-hybridized carbons (Fsp3) is 0.647. The predicted molar refractivity (Wildman–Crippen MR) is 81.7 cm³/mol. The lowest BCUT2D eigenvalue weighted by Crippen LogP contribution is -2.48. The van der Waals surface area contributed by atoms with Crippen molar-refractivity contribution in [3.63, 3.8) is 0 Å². The number of fused-ring (bicyclic) bond motifs is 1. The van der Waals surface area contributed by atoms with Crippen LogP contribution in [0.2, 0.25) is 0 Å². The molecule has 1 aromatic rings. The number of piperidine rings is 1.